The summed E-state index contributed by atoms with van der Waals surface area (Å²) in [4.78, 5) is 42.8. The van der Waals surface area contributed by atoms with Crippen LogP contribution in [0.3, 0.4) is 0 Å². The fourth-order valence-corrected chi connectivity index (χ4v) is 13.0. The molecule has 8 nitrogen and oxygen atoms in total. The lowest BCUT2D eigenvalue weighted by Gasteiger charge is -2.73. The Hall–Kier alpha value is -2.64. The minimum absolute atomic E-state index is 0.0503. The number of carbonyl (C=O) groups is 3. The Morgan fingerprint density at radius 2 is 1.69 bits per heavy atom. The summed E-state index contributed by atoms with van der Waals surface area (Å²) in [6.45, 7) is 22.2. The van der Waals surface area contributed by atoms with E-state index in [1.54, 1.807) is 20.2 Å². The van der Waals surface area contributed by atoms with E-state index in [0.29, 0.717) is 35.3 Å². The number of rotatable bonds is 7. The highest BCUT2D eigenvalue weighted by Crippen LogP contribution is 2.76. The molecular formula is C40H61N3O5. The summed E-state index contributed by atoms with van der Waals surface area (Å²) in [5, 5.41) is 13.2. The largest absolute Gasteiger partial charge is 0.481 e. The van der Waals surface area contributed by atoms with E-state index < -0.39 is 17.4 Å². The van der Waals surface area contributed by atoms with Crippen LogP contribution >= 0.6 is 0 Å². The lowest BCUT2D eigenvalue weighted by molar-refractivity contribution is -0.246. The van der Waals surface area contributed by atoms with Crippen LogP contribution in [0.25, 0.3) is 0 Å². The quantitative estimate of drug-likeness (QED) is 0.226. The molecule has 0 bridgehead atoms. The highest BCUT2D eigenvalue weighted by Gasteiger charge is 2.71. The van der Waals surface area contributed by atoms with Gasteiger partial charge in [0.05, 0.1) is 18.2 Å². The average Bonchev–Trinajstić information content (AvgIpc) is 3.59. The van der Waals surface area contributed by atoms with Crippen LogP contribution in [-0.4, -0.2) is 44.1 Å². The molecule has 5 aliphatic carbocycles. The van der Waals surface area contributed by atoms with Gasteiger partial charge >= 0.3 is 11.9 Å². The number of fused-ring (bicyclic) bond motifs is 7. The highest BCUT2D eigenvalue weighted by atomic mass is 16.5. The summed E-state index contributed by atoms with van der Waals surface area (Å²) in [5.41, 5.74) is 0.588. The van der Waals surface area contributed by atoms with E-state index in [0.717, 1.165) is 57.8 Å². The molecule has 1 heterocycles. The molecule has 0 aliphatic heterocycles. The molecule has 5 fully saturated rings. The maximum absolute atomic E-state index is 13.7. The van der Waals surface area contributed by atoms with E-state index in [9.17, 15) is 19.5 Å². The van der Waals surface area contributed by atoms with Crippen molar-refractivity contribution < 1.29 is 24.2 Å². The first kappa shape index (κ1) is 35.2. The molecule has 6 rings (SSSR count). The van der Waals surface area contributed by atoms with Crippen molar-refractivity contribution >= 4 is 17.8 Å². The summed E-state index contributed by atoms with van der Waals surface area (Å²) in [5.74, 6) is 0.821. The van der Waals surface area contributed by atoms with Gasteiger partial charge < -0.3 is 19.7 Å². The number of aryl methyl sites for hydroxylation is 1. The third-order valence-corrected chi connectivity index (χ3v) is 15.7. The Labute approximate surface area is 288 Å². The van der Waals surface area contributed by atoms with E-state index in [1.807, 2.05) is 17.8 Å². The van der Waals surface area contributed by atoms with Gasteiger partial charge in [-0.15, -0.1) is 0 Å². The first-order valence-corrected chi connectivity index (χ1v) is 18.6. The fraction of sp³-hybridized carbons (Fsp3) is 0.800. The van der Waals surface area contributed by atoms with E-state index in [1.165, 1.54) is 12.0 Å². The Bertz CT molecular complexity index is 1490. The van der Waals surface area contributed by atoms with E-state index in [4.69, 9.17) is 4.74 Å². The number of imidazole rings is 1. The number of nitrogens with one attached hydrogen (secondary N) is 1. The zero-order valence-electron chi connectivity index (χ0n) is 31.1. The number of ether oxygens (including phenoxy) is 1. The van der Waals surface area contributed by atoms with Crippen LogP contribution in [0.15, 0.2) is 24.7 Å². The number of allylic oxidation sites excluding steroid dienone is 1. The second kappa shape index (κ2) is 11.4. The molecule has 10 atom stereocenters. The van der Waals surface area contributed by atoms with Crippen molar-refractivity contribution in [2.75, 3.05) is 0 Å². The minimum atomic E-state index is -1.15. The summed E-state index contributed by atoms with van der Waals surface area (Å²) in [6, 6.07) is 0. The van der Waals surface area contributed by atoms with Gasteiger partial charge in [0, 0.05) is 24.2 Å². The number of nitrogens with zero attached hydrogens (tertiary/aromatic N) is 2. The Kier molecular flexibility index (Phi) is 8.39. The molecule has 0 radical (unpaired) electrons. The number of hydrogen-bond donors (Lipinski definition) is 2. The van der Waals surface area contributed by atoms with Gasteiger partial charge in [-0.25, -0.2) is 4.98 Å². The topological polar surface area (TPSA) is 111 Å². The third kappa shape index (κ3) is 5.11. The summed E-state index contributed by atoms with van der Waals surface area (Å²) < 4.78 is 8.00. The van der Waals surface area contributed by atoms with Crippen molar-refractivity contribution in [1.82, 2.24) is 14.9 Å². The van der Waals surface area contributed by atoms with Gasteiger partial charge in [0.15, 0.2) is 0 Å². The van der Waals surface area contributed by atoms with Gasteiger partial charge in [-0.1, -0.05) is 46.8 Å². The molecule has 5 saturated carbocycles. The molecule has 1 amide bonds. The molecule has 1 aromatic heterocycles. The molecule has 266 valence electrons. The molecule has 0 spiro atoms. The lowest BCUT2D eigenvalue weighted by atomic mass is 9.32. The van der Waals surface area contributed by atoms with Gasteiger partial charge in [-0.3, -0.25) is 14.4 Å². The lowest BCUT2D eigenvalue weighted by Crippen LogP contribution is -2.69. The van der Waals surface area contributed by atoms with Crippen molar-refractivity contribution in [2.24, 2.45) is 63.7 Å². The van der Waals surface area contributed by atoms with Crippen molar-refractivity contribution in [3.63, 3.8) is 0 Å². The minimum Gasteiger partial charge on any atom is -0.481 e. The van der Waals surface area contributed by atoms with Crippen molar-refractivity contribution in [3.8, 4) is 0 Å². The van der Waals surface area contributed by atoms with E-state index in [2.05, 4.69) is 58.4 Å². The summed E-state index contributed by atoms with van der Waals surface area (Å²) >= 11 is 0. The van der Waals surface area contributed by atoms with Gasteiger partial charge in [0.2, 0.25) is 0 Å². The molecule has 0 saturated heterocycles. The summed E-state index contributed by atoms with van der Waals surface area (Å²) in [6.07, 6.45) is 13.8. The van der Waals surface area contributed by atoms with Gasteiger partial charge in [0.1, 0.15) is 11.8 Å². The SMILES string of the molecule is C=C(C)[C@@H]1CC[C@]2(NC(=O)c3cn(C)cn3)CC[C@]3(C)[C@H](CC[C@@H]4[C@@]5(C)CC[C@H](OC(=O)CC(C)(C)C(=O)O)C(C)(C)[C@@H]5CC[C@]43C)[C@@H]12. The standard InChI is InChI=1S/C40H61N3O5/c1-24(2)25-13-18-40(42-33(45)27-22-43(10)23-41-27)20-19-38(8)26(32(25)40)11-12-29-37(7)16-15-30(48-31(44)21-35(3,4)34(46)47)36(5,6)28(37)14-17-39(29,38)9/h22-23,25-26,28-30,32H,1,11-21H2,2-10H3,(H,42,45)(H,46,47)/t25-,26+,28-,29+,30-,32+,37-,38+,39+,40-/m0/s1. The Morgan fingerprint density at radius 3 is 2.31 bits per heavy atom. The fourth-order valence-electron chi connectivity index (χ4n) is 13.0. The van der Waals surface area contributed by atoms with Crippen LogP contribution in [0.2, 0.25) is 0 Å². The predicted octanol–water partition coefficient (Wildman–Crippen LogP) is 7.97. The molecule has 0 aromatic carbocycles. The van der Waals surface area contributed by atoms with Gasteiger partial charge in [-0.05, 0) is 131 Å². The maximum atomic E-state index is 13.7. The van der Waals surface area contributed by atoms with Gasteiger partial charge in [-0.2, -0.15) is 0 Å². The predicted molar refractivity (Wildman–Crippen MR) is 186 cm³/mol. The normalized spacial score (nSPS) is 41.6. The average molecular weight is 664 g/mol. The van der Waals surface area contributed by atoms with Crippen LogP contribution in [0.5, 0.6) is 0 Å². The number of carboxylic acid groups (broad SMARTS) is 1. The van der Waals surface area contributed by atoms with Crippen LogP contribution in [0, 0.1) is 56.7 Å². The first-order chi connectivity index (χ1) is 22.2. The number of aliphatic carboxylic acids is 1. The second-order valence-electron chi connectivity index (χ2n) is 18.9. The zero-order valence-corrected chi connectivity index (χ0v) is 31.1. The van der Waals surface area contributed by atoms with Gasteiger partial charge in [0.25, 0.3) is 5.91 Å². The highest BCUT2D eigenvalue weighted by molar-refractivity contribution is 5.92. The molecular weight excluding hydrogens is 602 g/mol. The Balaban J connectivity index is 1.27. The van der Waals surface area contributed by atoms with Crippen molar-refractivity contribution in [2.45, 2.75) is 138 Å². The Morgan fingerprint density at radius 1 is 0.979 bits per heavy atom. The molecule has 1 aromatic rings. The maximum Gasteiger partial charge on any atom is 0.309 e. The zero-order chi connectivity index (χ0) is 35.2. The molecule has 5 aliphatic rings. The first-order valence-electron chi connectivity index (χ1n) is 18.6. The third-order valence-electron chi connectivity index (χ3n) is 15.7. The van der Waals surface area contributed by atoms with Crippen LogP contribution in [0.1, 0.15) is 137 Å². The van der Waals surface area contributed by atoms with Crippen LogP contribution in [-0.2, 0) is 21.4 Å². The van der Waals surface area contributed by atoms with Crippen molar-refractivity contribution in [1.29, 1.82) is 0 Å². The number of aromatic nitrogens is 2. The number of hydrogen-bond acceptors (Lipinski definition) is 5. The summed E-state index contributed by atoms with van der Waals surface area (Å²) in [7, 11) is 1.90. The smallest absolute Gasteiger partial charge is 0.309 e. The second-order valence-corrected chi connectivity index (χ2v) is 18.9. The molecule has 0 unspecified atom stereocenters. The molecule has 2 N–H and O–H groups in total. The molecule has 48 heavy (non-hydrogen) atoms. The van der Waals surface area contributed by atoms with Crippen LogP contribution in [0.4, 0.5) is 0 Å². The number of carboxylic acids is 1. The number of carbonyl (C=O) groups excluding carboxylic acids is 2. The molecule has 8 heteroatoms. The number of amides is 1. The van der Waals surface area contributed by atoms with Crippen LogP contribution < -0.4 is 5.32 Å². The van der Waals surface area contributed by atoms with Crippen molar-refractivity contribution in [3.05, 3.63) is 30.4 Å². The number of esters is 1. The van der Waals surface area contributed by atoms with E-state index >= 15 is 0 Å². The van der Waals surface area contributed by atoms with E-state index in [-0.39, 0.29) is 45.6 Å². The monoisotopic (exact) mass is 663 g/mol.